The molecule has 8 atom stereocenters. The summed E-state index contributed by atoms with van der Waals surface area (Å²) in [5.41, 5.74) is 0.862. The van der Waals surface area contributed by atoms with Gasteiger partial charge in [0.15, 0.2) is 0 Å². The average molecular weight is 413 g/mol. The minimum atomic E-state index is -0.350. The predicted octanol–water partition coefficient (Wildman–Crippen LogP) is 3.99. The van der Waals surface area contributed by atoms with Crippen LogP contribution in [0, 0.1) is 39.9 Å². The number of fused-ring (bicyclic) bond motifs is 4. The van der Waals surface area contributed by atoms with Crippen LogP contribution in [0.1, 0.15) is 71.6 Å². The number of esters is 2. The lowest BCUT2D eigenvalue weighted by molar-refractivity contribution is -0.175. The fourth-order valence-corrected chi connectivity index (χ4v) is 9.43. The van der Waals surface area contributed by atoms with Gasteiger partial charge < -0.3 is 9.47 Å². The van der Waals surface area contributed by atoms with E-state index in [1.807, 2.05) is 0 Å². The molecule has 0 N–H and O–H groups in total. The number of Topliss-reactive ketones (excluding diaryl/α,β-unsaturated/α-hetero) is 1. The Morgan fingerprint density at radius 2 is 1.93 bits per heavy atom. The van der Waals surface area contributed by atoms with Crippen molar-refractivity contribution in [1.29, 1.82) is 0 Å². The molecule has 0 aromatic heterocycles. The van der Waals surface area contributed by atoms with E-state index >= 15 is 0 Å². The van der Waals surface area contributed by atoms with Gasteiger partial charge in [-0.15, -0.1) is 0 Å². The number of carbonyl (C=O) groups excluding carboxylic acids is 3. The second-order valence-corrected chi connectivity index (χ2v) is 11.5. The molecular formula is C25H32O5. The molecule has 0 aromatic carbocycles. The van der Waals surface area contributed by atoms with Crippen LogP contribution in [0.2, 0.25) is 0 Å². The van der Waals surface area contributed by atoms with E-state index in [1.54, 1.807) is 0 Å². The Morgan fingerprint density at radius 3 is 2.63 bits per heavy atom. The zero-order chi connectivity index (χ0) is 21.1. The van der Waals surface area contributed by atoms with Crippen LogP contribution in [0.25, 0.3) is 0 Å². The third kappa shape index (κ3) is 1.94. The van der Waals surface area contributed by atoms with Crippen molar-refractivity contribution >= 4 is 17.7 Å². The molecule has 1 saturated heterocycles. The van der Waals surface area contributed by atoms with Gasteiger partial charge in [0.2, 0.25) is 0 Å². The maximum atomic E-state index is 13.1. The Balaban J connectivity index is 1.50. The summed E-state index contributed by atoms with van der Waals surface area (Å²) in [4.78, 5) is 37.5. The van der Waals surface area contributed by atoms with E-state index in [0.717, 1.165) is 38.5 Å². The fourth-order valence-electron chi connectivity index (χ4n) is 9.43. The minimum absolute atomic E-state index is 0.00417. The lowest BCUT2D eigenvalue weighted by atomic mass is 9.44. The largest absolute Gasteiger partial charge is 0.469 e. The molecule has 162 valence electrons. The van der Waals surface area contributed by atoms with Crippen molar-refractivity contribution in [2.45, 2.75) is 77.2 Å². The van der Waals surface area contributed by atoms with Gasteiger partial charge in [0.25, 0.3) is 0 Å². The zero-order valence-electron chi connectivity index (χ0n) is 18.3. The highest BCUT2D eigenvalue weighted by molar-refractivity contribution is 5.84. The van der Waals surface area contributed by atoms with Crippen LogP contribution >= 0.6 is 0 Å². The van der Waals surface area contributed by atoms with Gasteiger partial charge in [-0.25, -0.2) is 0 Å². The Bertz CT molecular complexity index is 905. The molecule has 0 amide bonds. The van der Waals surface area contributed by atoms with Crippen molar-refractivity contribution in [1.82, 2.24) is 0 Å². The Kier molecular flexibility index (Phi) is 3.54. The first-order valence-electron chi connectivity index (χ1n) is 11.7. The smallest absolute Gasteiger partial charge is 0.312 e. The van der Waals surface area contributed by atoms with E-state index < -0.39 is 0 Å². The lowest BCUT2D eigenvalue weighted by Gasteiger charge is -2.60. The van der Waals surface area contributed by atoms with Gasteiger partial charge in [0.1, 0.15) is 11.4 Å². The molecule has 6 rings (SSSR count). The molecule has 5 fully saturated rings. The van der Waals surface area contributed by atoms with E-state index in [0.29, 0.717) is 36.9 Å². The van der Waals surface area contributed by atoms with Crippen molar-refractivity contribution in [3.05, 3.63) is 11.6 Å². The monoisotopic (exact) mass is 412 g/mol. The quantitative estimate of drug-likeness (QED) is 0.481. The highest BCUT2D eigenvalue weighted by atomic mass is 16.6. The minimum Gasteiger partial charge on any atom is -0.469 e. The molecule has 6 aliphatic rings. The summed E-state index contributed by atoms with van der Waals surface area (Å²) < 4.78 is 11.4. The summed E-state index contributed by atoms with van der Waals surface area (Å²) >= 11 is 0. The molecule has 2 spiro atoms. The Hall–Kier alpha value is -1.65. The normalized spacial score (nSPS) is 53.2. The molecule has 5 unspecified atom stereocenters. The first-order valence-corrected chi connectivity index (χ1v) is 11.7. The van der Waals surface area contributed by atoms with Crippen molar-refractivity contribution < 1.29 is 23.9 Å². The van der Waals surface area contributed by atoms with Gasteiger partial charge in [-0.2, -0.15) is 0 Å². The van der Waals surface area contributed by atoms with Gasteiger partial charge in [-0.3, -0.25) is 14.4 Å². The van der Waals surface area contributed by atoms with Crippen molar-refractivity contribution in [2.24, 2.45) is 39.9 Å². The molecule has 5 heteroatoms. The van der Waals surface area contributed by atoms with Gasteiger partial charge in [-0.05, 0) is 67.1 Å². The maximum absolute atomic E-state index is 13.1. The highest BCUT2D eigenvalue weighted by Crippen LogP contribution is 2.84. The van der Waals surface area contributed by atoms with Gasteiger partial charge in [0, 0.05) is 24.7 Å². The summed E-state index contributed by atoms with van der Waals surface area (Å²) in [6.45, 7) is 4.71. The lowest BCUT2D eigenvalue weighted by Crippen LogP contribution is -2.58. The second-order valence-electron chi connectivity index (χ2n) is 11.5. The van der Waals surface area contributed by atoms with E-state index in [-0.39, 0.29) is 45.6 Å². The zero-order valence-corrected chi connectivity index (χ0v) is 18.3. The van der Waals surface area contributed by atoms with E-state index in [4.69, 9.17) is 9.47 Å². The third-order valence-electron chi connectivity index (χ3n) is 10.9. The van der Waals surface area contributed by atoms with E-state index in [9.17, 15) is 14.4 Å². The summed E-state index contributed by atoms with van der Waals surface area (Å²) in [5, 5.41) is 0. The molecule has 30 heavy (non-hydrogen) atoms. The molecule has 5 nitrogen and oxygen atoms in total. The summed E-state index contributed by atoms with van der Waals surface area (Å²) in [7, 11) is 1.48. The van der Waals surface area contributed by atoms with Crippen molar-refractivity contribution in [3.8, 4) is 0 Å². The number of hydrogen-bond acceptors (Lipinski definition) is 5. The highest BCUT2D eigenvalue weighted by Gasteiger charge is 2.81. The van der Waals surface area contributed by atoms with Crippen LogP contribution < -0.4 is 0 Å². The molecule has 0 aromatic rings. The van der Waals surface area contributed by atoms with Crippen LogP contribution in [0.3, 0.4) is 0 Å². The SMILES string of the molecule is COC(=O)[C@@H]1C=C2CC(=O)CCC2(C)[C@@]23CC2CC2(C)C(CC[C@@]24CCC(=O)O4)C13. The van der Waals surface area contributed by atoms with Gasteiger partial charge in [-0.1, -0.05) is 25.5 Å². The molecule has 1 aliphatic heterocycles. The van der Waals surface area contributed by atoms with Crippen molar-refractivity contribution in [3.63, 3.8) is 0 Å². The first kappa shape index (κ1) is 19.1. The maximum Gasteiger partial charge on any atom is 0.312 e. The number of carbonyl (C=O) groups is 3. The predicted molar refractivity (Wildman–Crippen MR) is 108 cm³/mol. The molecule has 1 heterocycles. The van der Waals surface area contributed by atoms with Crippen molar-refractivity contribution in [2.75, 3.05) is 7.11 Å². The molecule has 0 bridgehead atoms. The number of rotatable bonds is 1. The number of allylic oxidation sites excluding steroid dienone is 1. The molecule has 4 saturated carbocycles. The third-order valence-corrected chi connectivity index (χ3v) is 10.9. The topological polar surface area (TPSA) is 69.7 Å². The average Bonchev–Trinajstić information content (AvgIpc) is 3.20. The number of ether oxygens (including phenoxy) is 2. The number of methoxy groups -OCH3 is 1. The van der Waals surface area contributed by atoms with Crippen LogP contribution in [-0.2, 0) is 23.9 Å². The van der Waals surface area contributed by atoms with Crippen LogP contribution in [0.4, 0.5) is 0 Å². The van der Waals surface area contributed by atoms with Crippen LogP contribution in [0.5, 0.6) is 0 Å². The molecule has 5 aliphatic carbocycles. The summed E-state index contributed by atoms with van der Waals surface area (Å²) in [6.07, 6.45) is 9.65. The number of ketones is 1. The Labute approximate surface area is 177 Å². The Morgan fingerprint density at radius 1 is 1.13 bits per heavy atom. The molecular weight excluding hydrogens is 380 g/mol. The number of hydrogen-bond donors (Lipinski definition) is 0. The molecule has 0 radical (unpaired) electrons. The van der Waals surface area contributed by atoms with Gasteiger partial charge in [0.05, 0.1) is 13.0 Å². The van der Waals surface area contributed by atoms with E-state index in [2.05, 4.69) is 19.9 Å². The van der Waals surface area contributed by atoms with Crippen LogP contribution in [-0.4, -0.2) is 30.4 Å². The summed E-state index contributed by atoms with van der Waals surface area (Å²) in [5.74, 6) is 0.891. The van der Waals surface area contributed by atoms with E-state index in [1.165, 1.54) is 12.7 Å². The standard InChI is InChI=1S/C25H32O5/c1-22-7-4-16(26)10-14(22)11-17(21(28)29-3)20-18-5-8-24(9-6-19(27)30-24)23(18,2)12-15-13-25(15,20)22/h11,15,17-18,20H,4-10,12-13H2,1-3H3/t15?,17-,18?,20?,22?,23?,24-,25+/m1/s1. The van der Waals surface area contributed by atoms with Crippen LogP contribution in [0.15, 0.2) is 11.6 Å². The second kappa shape index (κ2) is 5.58. The summed E-state index contributed by atoms with van der Waals surface area (Å²) in [6, 6.07) is 0. The first-order chi connectivity index (χ1) is 14.2. The fraction of sp³-hybridized carbons (Fsp3) is 0.800. The van der Waals surface area contributed by atoms with Gasteiger partial charge >= 0.3 is 11.9 Å².